The van der Waals surface area contributed by atoms with Crippen molar-refractivity contribution in [3.63, 3.8) is 0 Å². The van der Waals surface area contributed by atoms with E-state index in [0.29, 0.717) is 5.57 Å². The van der Waals surface area contributed by atoms with E-state index in [0.717, 1.165) is 11.3 Å². The third-order valence-corrected chi connectivity index (χ3v) is 3.54. The highest BCUT2D eigenvalue weighted by Crippen LogP contribution is 2.42. The number of carbonyl (C=O) groups is 1. The van der Waals surface area contributed by atoms with Crippen molar-refractivity contribution < 1.29 is 9.53 Å². The molecule has 100 valence electrons. The molecule has 0 aromatic heterocycles. The van der Waals surface area contributed by atoms with Crippen LogP contribution in [0.1, 0.15) is 25.0 Å². The molecule has 0 unspecified atom stereocenters. The number of carbonyl (C=O) groups excluding carboxylic acids is 1. The van der Waals surface area contributed by atoms with E-state index in [4.69, 9.17) is 4.74 Å². The Morgan fingerprint density at radius 2 is 1.80 bits per heavy atom. The Kier molecular flexibility index (Phi) is 2.94. The summed E-state index contributed by atoms with van der Waals surface area (Å²) < 4.78 is 6.01. The van der Waals surface area contributed by atoms with Gasteiger partial charge in [-0.2, -0.15) is 0 Å². The molecule has 0 radical (unpaired) electrons. The van der Waals surface area contributed by atoms with Crippen LogP contribution < -0.4 is 0 Å². The van der Waals surface area contributed by atoms with Crippen LogP contribution in [0.4, 0.5) is 0 Å². The fraction of sp³-hybridized carbons (Fsp3) is 0.167. The molecule has 3 rings (SSSR count). The Balaban J connectivity index is 1.99. The molecule has 2 aliphatic rings. The molecule has 1 aliphatic heterocycles. The van der Waals surface area contributed by atoms with Crippen LogP contribution in [0, 0.1) is 0 Å². The predicted molar refractivity (Wildman–Crippen MR) is 79.9 cm³/mol. The summed E-state index contributed by atoms with van der Waals surface area (Å²) in [5.74, 6) is 0.837. The first kappa shape index (κ1) is 12.7. The van der Waals surface area contributed by atoms with E-state index < -0.39 is 0 Å². The highest BCUT2D eigenvalue weighted by Gasteiger charge is 2.34. The molecule has 0 N–H and O–H groups in total. The summed E-state index contributed by atoms with van der Waals surface area (Å²) in [6.07, 6.45) is 10.7. The second-order valence-corrected chi connectivity index (χ2v) is 5.39. The van der Waals surface area contributed by atoms with Crippen molar-refractivity contribution in [1.82, 2.24) is 0 Å². The molecule has 0 saturated heterocycles. The lowest BCUT2D eigenvalue weighted by molar-refractivity contribution is -0.111. The lowest BCUT2D eigenvalue weighted by Gasteiger charge is -2.18. The van der Waals surface area contributed by atoms with Crippen LogP contribution in [0.5, 0.6) is 0 Å². The van der Waals surface area contributed by atoms with Gasteiger partial charge in [0, 0.05) is 16.7 Å². The Morgan fingerprint density at radius 1 is 1.05 bits per heavy atom. The maximum atomic E-state index is 11.7. The number of hydrogen-bond donors (Lipinski definition) is 0. The summed E-state index contributed by atoms with van der Waals surface area (Å²) >= 11 is 0. The first-order valence-electron chi connectivity index (χ1n) is 6.68. The van der Waals surface area contributed by atoms with Gasteiger partial charge in [-0.25, -0.2) is 0 Å². The molecule has 1 aromatic carbocycles. The van der Waals surface area contributed by atoms with Gasteiger partial charge in [-0.05, 0) is 32.1 Å². The zero-order valence-corrected chi connectivity index (χ0v) is 11.6. The SMILES string of the molecule is CC1(C)O/C(=C/C=C2\C=CC=CC2=O)c2ccccc21. The van der Waals surface area contributed by atoms with Crippen LogP contribution in [-0.2, 0) is 15.1 Å². The average Bonchev–Trinajstić information content (AvgIpc) is 2.70. The second kappa shape index (κ2) is 4.64. The molecule has 1 aromatic rings. The molecule has 0 atom stereocenters. The molecular formula is C18H16O2. The maximum absolute atomic E-state index is 11.7. The van der Waals surface area contributed by atoms with Gasteiger partial charge in [-0.3, -0.25) is 4.79 Å². The molecule has 0 saturated carbocycles. The van der Waals surface area contributed by atoms with Crippen molar-refractivity contribution in [3.05, 3.63) is 77.4 Å². The van der Waals surface area contributed by atoms with Crippen molar-refractivity contribution in [3.8, 4) is 0 Å². The molecule has 2 nitrogen and oxygen atoms in total. The smallest absolute Gasteiger partial charge is 0.185 e. The summed E-state index contributed by atoms with van der Waals surface area (Å²) in [6, 6.07) is 8.15. The Hall–Kier alpha value is -2.35. The summed E-state index contributed by atoms with van der Waals surface area (Å²) in [5, 5.41) is 0. The minimum Gasteiger partial charge on any atom is -0.483 e. The van der Waals surface area contributed by atoms with Gasteiger partial charge in [0.25, 0.3) is 0 Å². The van der Waals surface area contributed by atoms with Crippen LogP contribution in [0.15, 0.2) is 66.3 Å². The van der Waals surface area contributed by atoms with Gasteiger partial charge in [0.05, 0.1) is 0 Å². The van der Waals surface area contributed by atoms with Gasteiger partial charge in [0.1, 0.15) is 11.4 Å². The number of fused-ring (bicyclic) bond motifs is 1. The number of rotatable bonds is 1. The molecule has 20 heavy (non-hydrogen) atoms. The van der Waals surface area contributed by atoms with E-state index in [9.17, 15) is 4.79 Å². The Bertz CT molecular complexity index is 685. The largest absolute Gasteiger partial charge is 0.483 e. The zero-order valence-electron chi connectivity index (χ0n) is 11.6. The van der Waals surface area contributed by atoms with Crippen LogP contribution in [0.3, 0.4) is 0 Å². The lowest BCUT2D eigenvalue weighted by Crippen LogP contribution is -2.14. The topological polar surface area (TPSA) is 26.3 Å². The van der Waals surface area contributed by atoms with Crippen molar-refractivity contribution in [2.24, 2.45) is 0 Å². The van der Waals surface area contributed by atoms with Crippen LogP contribution in [0.25, 0.3) is 5.76 Å². The van der Waals surface area contributed by atoms with Gasteiger partial charge in [-0.15, -0.1) is 0 Å². The highest BCUT2D eigenvalue weighted by atomic mass is 16.5. The van der Waals surface area contributed by atoms with E-state index in [-0.39, 0.29) is 11.4 Å². The Labute approximate surface area is 118 Å². The summed E-state index contributed by atoms with van der Waals surface area (Å²) in [7, 11) is 0. The van der Waals surface area contributed by atoms with E-state index >= 15 is 0 Å². The van der Waals surface area contributed by atoms with Crippen LogP contribution in [-0.4, -0.2) is 5.78 Å². The Morgan fingerprint density at radius 3 is 2.60 bits per heavy atom. The van der Waals surface area contributed by atoms with E-state index in [1.807, 2.05) is 56.4 Å². The molecule has 0 fully saturated rings. The van der Waals surface area contributed by atoms with Gasteiger partial charge in [0.15, 0.2) is 5.78 Å². The standard InChI is InChI=1S/C18H16O2/c1-18(2)15-9-5-4-8-14(15)17(20-18)12-11-13-7-3-6-10-16(13)19/h3-12H,1-2H3/b13-11+,17-12+. The predicted octanol–water partition coefficient (Wildman–Crippen LogP) is 3.91. The van der Waals surface area contributed by atoms with Gasteiger partial charge < -0.3 is 4.74 Å². The molecule has 0 bridgehead atoms. The third kappa shape index (κ3) is 2.14. The fourth-order valence-corrected chi connectivity index (χ4v) is 2.52. The second-order valence-electron chi connectivity index (χ2n) is 5.39. The molecule has 0 amide bonds. The van der Waals surface area contributed by atoms with Crippen LogP contribution >= 0.6 is 0 Å². The van der Waals surface area contributed by atoms with Crippen molar-refractivity contribution in [1.29, 1.82) is 0 Å². The third-order valence-electron chi connectivity index (χ3n) is 3.54. The summed E-state index contributed by atoms with van der Waals surface area (Å²) in [6.45, 7) is 4.10. The zero-order chi connectivity index (χ0) is 14.2. The quantitative estimate of drug-likeness (QED) is 0.719. The molecule has 0 spiro atoms. The highest BCUT2D eigenvalue weighted by molar-refractivity contribution is 6.07. The number of benzene rings is 1. The normalized spacial score (nSPS) is 23.2. The monoisotopic (exact) mass is 264 g/mol. The molecule has 1 aliphatic carbocycles. The van der Waals surface area contributed by atoms with Gasteiger partial charge >= 0.3 is 0 Å². The van der Waals surface area contributed by atoms with E-state index in [1.165, 1.54) is 5.56 Å². The van der Waals surface area contributed by atoms with Crippen molar-refractivity contribution in [2.45, 2.75) is 19.4 Å². The van der Waals surface area contributed by atoms with Crippen LogP contribution in [0.2, 0.25) is 0 Å². The number of ketones is 1. The maximum Gasteiger partial charge on any atom is 0.185 e. The first-order valence-corrected chi connectivity index (χ1v) is 6.68. The molecule has 2 heteroatoms. The van der Waals surface area contributed by atoms with E-state index in [1.54, 1.807) is 12.2 Å². The summed E-state index contributed by atoms with van der Waals surface area (Å²) in [5.41, 5.74) is 2.62. The van der Waals surface area contributed by atoms with Gasteiger partial charge in [0.2, 0.25) is 0 Å². The van der Waals surface area contributed by atoms with E-state index in [2.05, 4.69) is 6.07 Å². The van der Waals surface area contributed by atoms with Crippen molar-refractivity contribution >= 4 is 11.5 Å². The number of ether oxygens (including phenoxy) is 1. The average molecular weight is 264 g/mol. The molecular weight excluding hydrogens is 248 g/mol. The van der Waals surface area contributed by atoms with Gasteiger partial charge in [-0.1, -0.05) is 42.5 Å². The van der Waals surface area contributed by atoms with Crippen molar-refractivity contribution in [2.75, 3.05) is 0 Å². The minimum absolute atomic E-state index is 0.0230. The molecule has 1 heterocycles. The minimum atomic E-state index is -0.326. The lowest BCUT2D eigenvalue weighted by atomic mass is 9.95. The number of allylic oxidation sites excluding steroid dienone is 7. The fourth-order valence-electron chi connectivity index (χ4n) is 2.52. The number of hydrogen-bond acceptors (Lipinski definition) is 2. The summed E-state index contributed by atoms with van der Waals surface area (Å²) in [4.78, 5) is 11.7. The first-order chi connectivity index (χ1) is 9.58.